The van der Waals surface area contributed by atoms with Gasteiger partial charge in [-0.2, -0.15) is 9.50 Å². The summed E-state index contributed by atoms with van der Waals surface area (Å²) >= 11 is 0. The average molecular weight is 388 g/mol. The van der Waals surface area contributed by atoms with Gasteiger partial charge in [0.2, 0.25) is 5.95 Å². The smallest absolute Gasteiger partial charge is 0.274 e. The van der Waals surface area contributed by atoms with Crippen molar-refractivity contribution in [3.63, 3.8) is 0 Å². The van der Waals surface area contributed by atoms with Gasteiger partial charge in [-0.05, 0) is 43.7 Å². The number of H-pyrrole nitrogens is 1. The van der Waals surface area contributed by atoms with Crippen molar-refractivity contribution in [3.8, 4) is 0 Å². The van der Waals surface area contributed by atoms with Crippen molar-refractivity contribution in [2.45, 2.75) is 20.4 Å². The number of aromatic nitrogens is 4. The van der Waals surface area contributed by atoms with Gasteiger partial charge < -0.3 is 10.6 Å². The second-order valence-corrected chi connectivity index (χ2v) is 6.81. The first kappa shape index (κ1) is 18.4. The quantitative estimate of drug-likeness (QED) is 0.488. The normalized spacial score (nSPS) is 10.8. The van der Waals surface area contributed by atoms with Gasteiger partial charge in [-0.25, -0.2) is 4.98 Å². The second kappa shape index (κ2) is 7.59. The van der Waals surface area contributed by atoms with Crippen LogP contribution >= 0.6 is 0 Å². The SMILES string of the molecule is Cc1ccc(NC(=O)c2ccc(CNc3nc4nc(C)cc(=O)n4[nH]3)cc2)cc1. The molecule has 8 nitrogen and oxygen atoms in total. The summed E-state index contributed by atoms with van der Waals surface area (Å²) < 4.78 is 1.29. The molecule has 0 aliphatic carbocycles. The molecule has 8 heteroatoms. The molecular formula is C21H20N6O2. The van der Waals surface area contributed by atoms with E-state index in [-0.39, 0.29) is 11.5 Å². The van der Waals surface area contributed by atoms with Gasteiger partial charge >= 0.3 is 0 Å². The Morgan fingerprint density at radius 2 is 1.76 bits per heavy atom. The monoisotopic (exact) mass is 388 g/mol. The van der Waals surface area contributed by atoms with E-state index in [0.29, 0.717) is 29.5 Å². The number of hydrogen-bond donors (Lipinski definition) is 3. The van der Waals surface area contributed by atoms with Crippen LogP contribution in [0, 0.1) is 13.8 Å². The molecular weight excluding hydrogens is 368 g/mol. The van der Waals surface area contributed by atoms with E-state index in [4.69, 9.17) is 0 Å². The molecule has 0 saturated heterocycles. The highest BCUT2D eigenvalue weighted by atomic mass is 16.1. The summed E-state index contributed by atoms with van der Waals surface area (Å²) in [6, 6.07) is 16.4. The number of fused-ring (bicyclic) bond motifs is 1. The molecule has 4 rings (SSSR count). The predicted octanol–water partition coefficient (Wildman–Crippen LogP) is 2.90. The number of amides is 1. The molecule has 146 valence electrons. The van der Waals surface area contributed by atoms with Gasteiger partial charge in [-0.1, -0.05) is 29.8 Å². The molecule has 1 amide bonds. The molecule has 0 radical (unpaired) electrons. The molecule has 2 aromatic carbocycles. The summed E-state index contributed by atoms with van der Waals surface area (Å²) in [5.41, 5.74) is 3.85. The predicted molar refractivity (Wildman–Crippen MR) is 111 cm³/mol. The maximum absolute atomic E-state index is 12.4. The van der Waals surface area contributed by atoms with Gasteiger partial charge in [0.1, 0.15) is 0 Å². The number of carbonyl (C=O) groups is 1. The molecule has 0 bridgehead atoms. The lowest BCUT2D eigenvalue weighted by molar-refractivity contribution is 0.102. The number of aromatic amines is 1. The minimum Gasteiger partial charge on any atom is -0.351 e. The number of aryl methyl sites for hydroxylation is 2. The van der Waals surface area contributed by atoms with Crippen LogP contribution in [-0.2, 0) is 6.54 Å². The number of anilines is 2. The lowest BCUT2D eigenvalue weighted by Gasteiger charge is -2.07. The summed E-state index contributed by atoms with van der Waals surface area (Å²) in [4.78, 5) is 32.8. The van der Waals surface area contributed by atoms with Crippen molar-refractivity contribution < 1.29 is 4.79 Å². The number of hydrogen-bond acceptors (Lipinski definition) is 5. The minimum atomic E-state index is -0.211. The molecule has 29 heavy (non-hydrogen) atoms. The van der Waals surface area contributed by atoms with Crippen LogP contribution in [0.25, 0.3) is 5.78 Å². The standard InChI is InChI=1S/C21H20N6O2/c1-13-3-9-17(10-4-13)24-19(29)16-7-5-15(6-8-16)12-22-20-25-21-23-14(2)11-18(28)27(21)26-20/h3-11H,12H2,1-2H3,(H,24,29)(H2,22,23,25,26). The second-order valence-electron chi connectivity index (χ2n) is 6.81. The van der Waals surface area contributed by atoms with Gasteiger partial charge in [0.05, 0.1) is 0 Å². The Labute approximate surface area is 166 Å². The average Bonchev–Trinajstić information content (AvgIpc) is 3.12. The van der Waals surface area contributed by atoms with Crippen LogP contribution in [-0.4, -0.2) is 25.5 Å². The third kappa shape index (κ3) is 4.16. The molecule has 4 aromatic rings. The molecule has 0 spiro atoms. The largest absolute Gasteiger partial charge is 0.351 e. The van der Waals surface area contributed by atoms with Crippen molar-refractivity contribution in [3.05, 3.63) is 87.3 Å². The zero-order valence-corrected chi connectivity index (χ0v) is 16.1. The van der Waals surface area contributed by atoms with E-state index >= 15 is 0 Å². The molecule has 0 atom stereocenters. The molecule has 2 aromatic heterocycles. The first-order chi connectivity index (χ1) is 14.0. The van der Waals surface area contributed by atoms with Crippen LogP contribution < -0.4 is 16.2 Å². The number of nitrogens with one attached hydrogen (secondary N) is 3. The highest BCUT2D eigenvalue weighted by Gasteiger charge is 2.08. The van der Waals surface area contributed by atoms with Crippen molar-refractivity contribution in [1.82, 2.24) is 19.6 Å². The Hall–Kier alpha value is -3.94. The Morgan fingerprint density at radius 3 is 2.48 bits per heavy atom. The topological polar surface area (TPSA) is 104 Å². The van der Waals surface area contributed by atoms with E-state index < -0.39 is 0 Å². The third-order valence-corrected chi connectivity index (χ3v) is 4.44. The maximum atomic E-state index is 12.4. The van der Waals surface area contributed by atoms with Crippen molar-refractivity contribution in [1.29, 1.82) is 0 Å². The molecule has 0 aliphatic rings. The highest BCUT2D eigenvalue weighted by molar-refractivity contribution is 6.04. The maximum Gasteiger partial charge on any atom is 0.274 e. The van der Waals surface area contributed by atoms with E-state index in [1.165, 1.54) is 10.6 Å². The fraction of sp³-hybridized carbons (Fsp3) is 0.143. The van der Waals surface area contributed by atoms with Crippen LogP contribution in [0.1, 0.15) is 27.2 Å². The molecule has 0 unspecified atom stereocenters. The van der Waals surface area contributed by atoms with Crippen LogP contribution in [0.4, 0.5) is 11.6 Å². The zero-order valence-electron chi connectivity index (χ0n) is 16.1. The van der Waals surface area contributed by atoms with Crippen molar-refractivity contribution >= 4 is 23.3 Å². The van der Waals surface area contributed by atoms with Crippen molar-refractivity contribution in [2.75, 3.05) is 10.6 Å². The fourth-order valence-electron chi connectivity index (χ4n) is 2.87. The summed E-state index contributed by atoms with van der Waals surface area (Å²) in [7, 11) is 0. The van der Waals surface area contributed by atoms with Gasteiger partial charge in [-0.15, -0.1) is 0 Å². The summed E-state index contributed by atoms with van der Waals surface area (Å²) in [5.74, 6) is 0.605. The fourth-order valence-corrected chi connectivity index (χ4v) is 2.87. The number of benzene rings is 2. The van der Waals surface area contributed by atoms with Gasteiger partial charge in [0, 0.05) is 29.6 Å². The van der Waals surface area contributed by atoms with E-state index in [0.717, 1.165) is 16.8 Å². The Bertz CT molecular complexity index is 1220. The van der Waals surface area contributed by atoms with E-state index in [1.54, 1.807) is 19.1 Å². The molecule has 2 heterocycles. The van der Waals surface area contributed by atoms with E-state index in [1.807, 2.05) is 43.3 Å². The highest BCUT2D eigenvalue weighted by Crippen LogP contribution is 2.12. The van der Waals surface area contributed by atoms with Gasteiger partial charge in [0.15, 0.2) is 0 Å². The van der Waals surface area contributed by atoms with Crippen LogP contribution in [0.15, 0.2) is 59.4 Å². The van der Waals surface area contributed by atoms with Gasteiger partial charge in [0.25, 0.3) is 17.2 Å². The van der Waals surface area contributed by atoms with Gasteiger partial charge in [-0.3, -0.25) is 14.7 Å². The minimum absolute atomic E-state index is 0.161. The molecule has 0 aliphatic heterocycles. The van der Waals surface area contributed by atoms with E-state index in [2.05, 4.69) is 25.7 Å². The Morgan fingerprint density at radius 1 is 1.03 bits per heavy atom. The Kier molecular flexibility index (Phi) is 4.82. The third-order valence-electron chi connectivity index (χ3n) is 4.44. The first-order valence-electron chi connectivity index (χ1n) is 9.15. The van der Waals surface area contributed by atoms with E-state index in [9.17, 15) is 9.59 Å². The van der Waals surface area contributed by atoms with Crippen LogP contribution in [0.2, 0.25) is 0 Å². The summed E-state index contributed by atoms with van der Waals surface area (Å²) in [6.45, 7) is 4.23. The molecule has 0 saturated carbocycles. The first-order valence-corrected chi connectivity index (χ1v) is 9.15. The summed E-state index contributed by atoms with van der Waals surface area (Å²) in [5, 5.41) is 8.88. The number of rotatable bonds is 5. The number of carbonyl (C=O) groups excluding carboxylic acids is 1. The zero-order chi connectivity index (χ0) is 20.4. The molecule has 0 fully saturated rings. The molecule has 3 N–H and O–H groups in total. The lowest BCUT2D eigenvalue weighted by Crippen LogP contribution is -2.14. The van der Waals surface area contributed by atoms with Crippen LogP contribution in [0.5, 0.6) is 0 Å². The van der Waals surface area contributed by atoms with Crippen LogP contribution in [0.3, 0.4) is 0 Å². The lowest BCUT2D eigenvalue weighted by atomic mass is 10.1. The summed E-state index contributed by atoms with van der Waals surface area (Å²) in [6.07, 6.45) is 0. The van der Waals surface area contributed by atoms with Crippen molar-refractivity contribution in [2.24, 2.45) is 0 Å². The number of nitrogens with zero attached hydrogens (tertiary/aromatic N) is 3. The Balaban J connectivity index is 1.40.